The van der Waals surface area contributed by atoms with Gasteiger partial charge >= 0.3 is 0 Å². The lowest BCUT2D eigenvalue weighted by atomic mass is 10.1. The predicted molar refractivity (Wildman–Crippen MR) is 107 cm³/mol. The Hall–Kier alpha value is -2.87. The second-order valence-corrected chi connectivity index (χ2v) is 6.73. The number of nitrogens with zero attached hydrogens (tertiary/aromatic N) is 1. The highest BCUT2D eigenvalue weighted by Crippen LogP contribution is 2.34. The van der Waals surface area contributed by atoms with Crippen molar-refractivity contribution in [3.05, 3.63) is 51.5 Å². The summed E-state index contributed by atoms with van der Waals surface area (Å²) in [4.78, 5) is 23.8. The van der Waals surface area contributed by atoms with E-state index in [1.807, 2.05) is 26.0 Å². The van der Waals surface area contributed by atoms with E-state index in [-0.39, 0.29) is 17.9 Å². The minimum atomic E-state index is -0.544. The van der Waals surface area contributed by atoms with Gasteiger partial charge in [-0.1, -0.05) is 6.07 Å². The molecule has 3 N–H and O–H groups in total. The number of hydrogen-bond donors (Lipinski definition) is 3. The quantitative estimate of drug-likeness (QED) is 0.369. The average molecular weight is 434 g/mol. The first kappa shape index (κ1) is 20.4. The topological polar surface area (TPSA) is 100 Å². The van der Waals surface area contributed by atoms with Gasteiger partial charge in [-0.3, -0.25) is 9.59 Å². The Morgan fingerprint density at radius 2 is 1.93 bits per heavy atom. The number of ether oxygens (including phenoxy) is 1. The van der Waals surface area contributed by atoms with Crippen LogP contribution in [0.2, 0.25) is 0 Å². The summed E-state index contributed by atoms with van der Waals surface area (Å²) in [6, 6.07) is 8.70. The van der Waals surface area contributed by atoms with Crippen LogP contribution in [-0.2, 0) is 9.59 Å². The molecule has 7 nitrogen and oxygen atoms in total. The van der Waals surface area contributed by atoms with Crippen LogP contribution in [0.5, 0.6) is 11.5 Å². The minimum Gasteiger partial charge on any atom is -0.503 e. The molecular weight excluding hydrogens is 414 g/mol. The zero-order chi connectivity index (χ0) is 20.0. The summed E-state index contributed by atoms with van der Waals surface area (Å²) >= 11 is 3.20. The minimum absolute atomic E-state index is 0.0262. The number of halogens is 1. The molecule has 8 heteroatoms. The number of anilines is 1. The van der Waals surface area contributed by atoms with Crippen LogP contribution in [0.3, 0.4) is 0 Å². The molecule has 0 unspecified atom stereocenters. The summed E-state index contributed by atoms with van der Waals surface area (Å²) < 4.78 is 5.47. The molecular formula is C19H20BrN3O4. The average Bonchev–Trinajstić information content (AvgIpc) is 2.60. The van der Waals surface area contributed by atoms with Crippen molar-refractivity contribution < 1.29 is 19.4 Å². The standard InChI is InChI=1S/C19H20BrN3O4/c1-11-4-5-14(6-12(11)2)22-17(24)9-18(25)23-21-10-13-7-15(20)19(26)16(8-13)27-3/h4-8,10,26H,9H2,1-3H3,(H,22,24)(H,23,25)/b21-10+. The van der Waals surface area contributed by atoms with Crippen LogP contribution >= 0.6 is 15.9 Å². The van der Waals surface area contributed by atoms with Crippen molar-refractivity contribution >= 4 is 39.6 Å². The lowest BCUT2D eigenvalue weighted by molar-refractivity contribution is -0.126. The number of amides is 2. The number of aryl methyl sites for hydroxylation is 2. The van der Waals surface area contributed by atoms with Gasteiger partial charge in [0.1, 0.15) is 6.42 Å². The SMILES string of the molecule is COc1cc(/C=N/NC(=O)CC(=O)Nc2ccc(C)c(C)c2)cc(Br)c1O. The Kier molecular flexibility index (Phi) is 6.95. The van der Waals surface area contributed by atoms with Crippen LogP contribution in [0.1, 0.15) is 23.1 Å². The third kappa shape index (κ3) is 5.82. The van der Waals surface area contributed by atoms with Crippen molar-refractivity contribution in [3.8, 4) is 11.5 Å². The van der Waals surface area contributed by atoms with E-state index in [4.69, 9.17) is 4.74 Å². The van der Waals surface area contributed by atoms with E-state index in [2.05, 4.69) is 31.8 Å². The molecule has 0 aliphatic carbocycles. The van der Waals surface area contributed by atoms with Gasteiger partial charge in [0.15, 0.2) is 11.5 Å². The fraction of sp³-hybridized carbons (Fsp3) is 0.211. The van der Waals surface area contributed by atoms with Crippen molar-refractivity contribution in [2.45, 2.75) is 20.3 Å². The van der Waals surface area contributed by atoms with Gasteiger partial charge in [0.2, 0.25) is 11.8 Å². The van der Waals surface area contributed by atoms with Crippen LogP contribution < -0.4 is 15.5 Å². The molecule has 27 heavy (non-hydrogen) atoms. The number of hydrazone groups is 1. The Bertz CT molecular complexity index is 897. The molecule has 2 aromatic rings. The molecule has 0 spiro atoms. The fourth-order valence-electron chi connectivity index (χ4n) is 2.21. The summed E-state index contributed by atoms with van der Waals surface area (Å²) in [5.41, 5.74) is 5.70. The number of methoxy groups -OCH3 is 1. The maximum absolute atomic E-state index is 11.9. The Balaban J connectivity index is 1.90. The van der Waals surface area contributed by atoms with Gasteiger partial charge in [0.25, 0.3) is 0 Å². The monoisotopic (exact) mass is 433 g/mol. The first-order chi connectivity index (χ1) is 12.8. The van der Waals surface area contributed by atoms with Gasteiger partial charge in [-0.25, -0.2) is 5.43 Å². The fourth-order valence-corrected chi connectivity index (χ4v) is 2.67. The van der Waals surface area contributed by atoms with E-state index >= 15 is 0 Å². The van der Waals surface area contributed by atoms with Crippen molar-refractivity contribution in [1.82, 2.24) is 5.43 Å². The number of benzene rings is 2. The molecule has 2 rings (SSSR count). The number of aromatic hydroxyl groups is 1. The lowest BCUT2D eigenvalue weighted by Crippen LogP contribution is -2.24. The zero-order valence-corrected chi connectivity index (χ0v) is 16.8. The van der Waals surface area contributed by atoms with Crippen molar-refractivity contribution in [3.63, 3.8) is 0 Å². The molecule has 0 bridgehead atoms. The summed E-state index contributed by atoms with van der Waals surface area (Å²) in [5.74, 6) is -0.732. The van der Waals surface area contributed by atoms with Crippen LogP contribution in [0.4, 0.5) is 5.69 Å². The van der Waals surface area contributed by atoms with E-state index < -0.39 is 11.8 Å². The number of phenols is 1. The van der Waals surface area contributed by atoms with E-state index in [1.54, 1.807) is 18.2 Å². The number of nitrogens with one attached hydrogen (secondary N) is 2. The first-order valence-electron chi connectivity index (χ1n) is 8.05. The second-order valence-electron chi connectivity index (χ2n) is 5.87. The van der Waals surface area contributed by atoms with Gasteiger partial charge in [0, 0.05) is 5.69 Å². The molecule has 0 aliphatic rings. The third-order valence-corrected chi connectivity index (χ3v) is 4.39. The molecule has 0 heterocycles. The molecule has 2 amide bonds. The molecule has 0 saturated carbocycles. The van der Waals surface area contributed by atoms with Gasteiger partial charge < -0.3 is 15.2 Å². The largest absolute Gasteiger partial charge is 0.503 e. The highest BCUT2D eigenvalue weighted by molar-refractivity contribution is 9.10. The molecule has 2 aromatic carbocycles. The van der Waals surface area contributed by atoms with Crippen molar-refractivity contribution in [2.75, 3.05) is 12.4 Å². The van der Waals surface area contributed by atoms with Gasteiger partial charge in [-0.15, -0.1) is 0 Å². The number of carbonyl (C=O) groups is 2. The van der Waals surface area contributed by atoms with Crippen molar-refractivity contribution in [1.29, 1.82) is 0 Å². The molecule has 0 aromatic heterocycles. The number of rotatable bonds is 6. The molecule has 0 atom stereocenters. The van der Waals surface area contributed by atoms with Crippen LogP contribution in [0.25, 0.3) is 0 Å². The second kappa shape index (κ2) is 9.18. The smallest absolute Gasteiger partial charge is 0.249 e. The Morgan fingerprint density at radius 1 is 1.19 bits per heavy atom. The molecule has 142 valence electrons. The van der Waals surface area contributed by atoms with Gasteiger partial charge in [-0.05, 0) is 70.7 Å². The summed E-state index contributed by atoms with van der Waals surface area (Å²) in [6.07, 6.45) is 1.03. The van der Waals surface area contributed by atoms with Gasteiger partial charge in [0.05, 0.1) is 17.8 Å². The number of hydrogen-bond acceptors (Lipinski definition) is 5. The van der Waals surface area contributed by atoms with E-state index in [1.165, 1.54) is 13.3 Å². The van der Waals surface area contributed by atoms with Crippen LogP contribution in [0, 0.1) is 13.8 Å². The molecule has 0 saturated heterocycles. The Labute approximate surface area is 165 Å². The summed E-state index contributed by atoms with van der Waals surface area (Å²) in [6.45, 7) is 3.93. The third-order valence-electron chi connectivity index (χ3n) is 3.79. The van der Waals surface area contributed by atoms with Gasteiger partial charge in [-0.2, -0.15) is 5.10 Å². The highest BCUT2D eigenvalue weighted by Gasteiger charge is 2.10. The van der Waals surface area contributed by atoms with E-state index in [0.29, 0.717) is 15.7 Å². The number of carbonyl (C=O) groups excluding carboxylic acids is 2. The number of phenolic OH excluding ortho intramolecular Hbond substituents is 1. The Morgan fingerprint density at radius 3 is 2.59 bits per heavy atom. The predicted octanol–water partition coefficient (Wildman–Crippen LogP) is 3.26. The summed E-state index contributed by atoms with van der Waals surface area (Å²) in [5, 5.41) is 16.2. The van der Waals surface area contributed by atoms with E-state index in [0.717, 1.165) is 11.1 Å². The normalized spacial score (nSPS) is 10.7. The van der Waals surface area contributed by atoms with E-state index in [9.17, 15) is 14.7 Å². The van der Waals surface area contributed by atoms with Crippen LogP contribution in [0.15, 0.2) is 39.9 Å². The highest BCUT2D eigenvalue weighted by atomic mass is 79.9. The molecule has 0 aliphatic heterocycles. The first-order valence-corrected chi connectivity index (χ1v) is 8.85. The molecule has 0 fully saturated rings. The maximum atomic E-state index is 11.9. The summed E-state index contributed by atoms with van der Waals surface area (Å²) in [7, 11) is 1.43. The van der Waals surface area contributed by atoms with Crippen molar-refractivity contribution in [2.24, 2.45) is 5.10 Å². The maximum Gasteiger partial charge on any atom is 0.249 e. The molecule has 0 radical (unpaired) electrons. The zero-order valence-electron chi connectivity index (χ0n) is 15.2. The lowest BCUT2D eigenvalue weighted by Gasteiger charge is -2.07. The van der Waals surface area contributed by atoms with Crippen LogP contribution in [-0.4, -0.2) is 30.2 Å².